The summed E-state index contributed by atoms with van der Waals surface area (Å²) < 4.78 is 0. The van der Waals surface area contributed by atoms with E-state index in [0.29, 0.717) is 5.69 Å². The van der Waals surface area contributed by atoms with E-state index in [0.717, 1.165) is 23.4 Å². The number of hydrogen-bond donors (Lipinski definition) is 2. The quantitative estimate of drug-likeness (QED) is 0.704. The number of rotatable bonds is 6. The molecule has 138 valence electrons. The first-order chi connectivity index (χ1) is 13.1. The highest BCUT2D eigenvalue weighted by Gasteiger charge is 2.17. The van der Waals surface area contributed by atoms with Crippen molar-refractivity contribution in [3.8, 4) is 5.69 Å². The summed E-state index contributed by atoms with van der Waals surface area (Å²) >= 11 is 0. The zero-order chi connectivity index (χ0) is 19.2. The number of para-hydroxylation sites is 2. The molecule has 0 aliphatic heterocycles. The van der Waals surface area contributed by atoms with E-state index in [1.807, 2.05) is 61.5 Å². The van der Waals surface area contributed by atoms with E-state index < -0.39 is 5.91 Å². The average Bonchev–Trinajstić information content (AvgIpc) is 3.09. The van der Waals surface area contributed by atoms with E-state index in [1.54, 1.807) is 6.92 Å². The molecule has 0 bridgehead atoms. The highest BCUT2D eigenvalue weighted by Crippen LogP contribution is 2.15. The van der Waals surface area contributed by atoms with Crippen LogP contribution in [0.1, 0.15) is 28.7 Å². The number of anilines is 1. The van der Waals surface area contributed by atoms with E-state index >= 15 is 0 Å². The van der Waals surface area contributed by atoms with Crippen LogP contribution < -0.4 is 10.6 Å². The van der Waals surface area contributed by atoms with Crippen LogP contribution >= 0.6 is 0 Å². The fraction of sp³-hybridized carbons (Fsp3) is 0.200. The third kappa shape index (κ3) is 4.38. The monoisotopic (exact) mass is 363 g/mol. The lowest BCUT2D eigenvalue weighted by molar-refractivity contribution is -0.115. The third-order valence-corrected chi connectivity index (χ3v) is 4.07. The lowest BCUT2D eigenvalue weighted by atomic mass is 10.1. The first-order valence-corrected chi connectivity index (χ1v) is 8.73. The molecule has 0 saturated carbocycles. The van der Waals surface area contributed by atoms with Crippen LogP contribution in [0.4, 0.5) is 5.69 Å². The number of carbonyl (C=O) groups is 2. The van der Waals surface area contributed by atoms with E-state index in [-0.39, 0.29) is 18.1 Å². The molecular weight excluding hydrogens is 342 g/mol. The molecule has 0 spiro atoms. The van der Waals surface area contributed by atoms with Gasteiger partial charge in [0.15, 0.2) is 5.69 Å². The molecule has 27 heavy (non-hydrogen) atoms. The predicted molar refractivity (Wildman–Crippen MR) is 103 cm³/mol. The fourth-order valence-corrected chi connectivity index (χ4v) is 2.65. The molecule has 0 atom stereocenters. The van der Waals surface area contributed by atoms with E-state index in [4.69, 9.17) is 0 Å². The van der Waals surface area contributed by atoms with Crippen molar-refractivity contribution in [1.82, 2.24) is 20.3 Å². The summed E-state index contributed by atoms with van der Waals surface area (Å²) in [6.45, 7) is 3.58. The normalized spacial score (nSPS) is 10.4. The van der Waals surface area contributed by atoms with Gasteiger partial charge in [0.1, 0.15) is 0 Å². The molecule has 3 aromatic rings. The number of aryl methyl sites for hydroxylation is 2. The van der Waals surface area contributed by atoms with Gasteiger partial charge in [-0.25, -0.2) is 0 Å². The maximum absolute atomic E-state index is 12.4. The molecule has 0 unspecified atom stereocenters. The number of aromatic nitrogens is 3. The SMILES string of the molecule is CCc1ccccc1NC(=O)CNC(=O)c1nn(-c2ccccc2)nc1C. The summed E-state index contributed by atoms with van der Waals surface area (Å²) in [5.41, 5.74) is 3.24. The highest BCUT2D eigenvalue weighted by molar-refractivity contribution is 5.99. The molecule has 0 aliphatic carbocycles. The molecule has 7 nitrogen and oxygen atoms in total. The Labute approximate surface area is 157 Å². The predicted octanol–water partition coefficient (Wildman–Crippen LogP) is 2.51. The minimum atomic E-state index is -0.436. The Morgan fingerprint density at radius 2 is 1.70 bits per heavy atom. The molecule has 2 amide bonds. The Bertz CT molecular complexity index is 950. The maximum atomic E-state index is 12.4. The van der Waals surface area contributed by atoms with Crippen molar-refractivity contribution in [3.05, 3.63) is 71.5 Å². The van der Waals surface area contributed by atoms with Gasteiger partial charge in [0.05, 0.1) is 17.9 Å². The van der Waals surface area contributed by atoms with Crippen LogP contribution in [0, 0.1) is 6.92 Å². The molecule has 0 saturated heterocycles. The molecule has 2 aromatic carbocycles. The minimum Gasteiger partial charge on any atom is -0.342 e. The van der Waals surface area contributed by atoms with Crippen molar-refractivity contribution < 1.29 is 9.59 Å². The van der Waals surface area contributed by atoms with Gasteiger partial charge in [0, 0.05) is 5.69 Å². The van der Waals surface area contributed by atoms with Gasteiger partial charge >= 0.3 is 0 Å². The Morgan fingerprint density at radius 1 is 1.00 bits per heavy atom. The van der Waals surface area contributed by atoms with Crippen LogP contribution in [0.2, 0.25) is 0 Å². The molecule has 7 heteroatoms. The zero-order valence-corrected chi connectivity index (χ0v) is 15.3. The minimum absolute atomic E-state index is 0.144. The summed E-state index contributed by atoms with van der Waals surface area (Å²) in [6, 6.07) is 16.9. The topological polar surface area (TPSA) is 88.9 Å². The summed E-state index contributed by atoms with van der Waals surface area (Å²) in [6.07, 6.45) is 0.810. The molecule has 0 aliphatic rings. The second kappa shape index (κ2) is 8.27. The fourth-order valence-electron chi connectivity index (χ4n) is 2.65. The summed E-state index contributed by atoms with van der Waals surface area (Å²) in [5, 5.41) is 13.9. The molecule has 1 aromatic heterocycles. The van der Waals surface area contributed by atoms with Gasteiger partial charge in [0.2, 0.25) is 5.91 Å². The van der Waals surface area contributed by atoms with Crippen LogP contribution in [0.3, 0.4) is 0 Å². The molecule has 3 rings (SSSR count). The summed E-state index contributed by atoms with van der Waals surface area (Å²) in [4.78, 5) is 25.9. The molecule has 0 radical (unpaired) electrons. The van der Waals surface area contributed by atoms with Crippen molar-refractivity contribution in [2.45, 2.75) is 20.3 Å². The summed E-state index contributed by atoms with van der Waals surface area (Å²) in [5.74, 6) is -0.731. The van der Waals surface area contributed by atoms with Gasteiger partial charge in [-0.05, 0) is 37.1 Å². The second-order valence-electron chi connectivity index (χ2n) is 6.00. The van der Waals surface area contributed by atoms with Crippen LogP contribution in [0.25, 0.3) is 5.69 Å². The lowest BCUT2D eigenvalue weighted by Gasteiger charge is -2.10. The Balaban J connectivity index is 1.62. The Hall–Kier alpha value is -3.48. The highest BCUT2D eigenvalue weighted by atomic mass is 16.2. The Kier molecular flexibility index (Phi) is 5.61. The van der Waals surface area contributed by atoms with Crippen LogP contribution in [-0.2, 0) is 11.2 Å². The molecular formula is C20H21N5O2. The first kappa shape index (κ1) is 18.3. The number of benzene rings is 2. The first-order valence-electron chi connectivity index (χ1n) is 8.73. The molecule has 1 heterocycles. The van der Waals surface area contributed by atoms with Crippen molar-refractivity contribution in [2.24, 2.45) is 0 Å². The van der Waals surface area contributed by atoms with Gasteiger partial charge in [-0.1, -0.05) is 43.3 Å². The number of nitrogens with one attached hydrogen (secondary N) is 2. The van der Waals surface area contributed by atoms with Gasteiger partial charge in [0.25, 0.3) is 5.91 Å². The van der Waals surface area contributed by atoms with Crippen molar-refractivity contribution in [1.29, 1.82) is 0 Å². The third-order valence-electron chi connectivity index (χ3n) is 4.07. The lowest BCUT2D eigenvalue weighted by Crippen LogP contribution is -2.33. The summed E-state index contributed by atoms with van der Waals surface area (Å²) in [7, 11) is 0. The van der Waals surface area contributed by atoms with E-state index in [1.165, 1.54) is 4.80 Å². The molecule has 0 fully saturated rings. The number of carbonyl (C=O) groups excluding carboxylic acids is 2. The van der Waals surface area contributed by atoms with Crippen LogP contribution in [0.5, 0.6) is 0 Å². The van der Waals surface area contributed by atoms with Crippen LogP contribution in [0.15, 0.2) is 54.6 Å². The van der Waals surface area contributed by atoms with Gasteiger partial charge < -0.3 is 10.6 Å². The largest absolute Gasteiger partial charge is 0.342 e. The number of hydrogen-bond acceptors (Lipinski definition) is 4. The van der Waals surface area contributed by atoms with Gasteiger partial charge in [-0.15, -0.1) is 5.10 Å². The zero-order valence-electron chi connectivity index (χ0n) is 15.3. The number of amides is 2. The van der Waals surface area contributed by atoms with Crippen LogP contribution in [-0.4, -0.2) is 33.4 Å². The van der Waals surface area contributed by atoms with Crippen molar-refractivity contribution in [2.75, 3.05) is 11.9 Å². The van der Waals surface area contributed by atoms with Crippen molar-refractivity contribution in [3.63, 3.8) is 0 Å². The average molecular weight is 363 g/mol. The van der Waals surface area contributed by atoms with Gasteiger partial charge in [-0.2, -0.15) is 9.90 Å². The van der Waals surface area contributed by atoms with E-state index in [9.17, 15) is 9.59 Å². The smallest absolute Gasteiger partial charge is 0.274 e. The maximum Gasteiger partial charge on any atom is 0.274 e. The number of nitrogens with zero attached hydrogens (tertiary/aromatic N) is 3. The Morgan fingerprint density at radius 3 is 2.44 bits per heavy atom. The van der Waals surface area contributed by atoms with E-state index in [2.05, 4.69) is 20.8 Å². The molecule has 2 N–H and O–H groups in total. The van der Waals surface area contributed by atoms with Crippen molar-refractivity contribution >= 4 is 17.5 Å². The second-order valence-corrected chi connectivity index (χ2v) is 6.00. The standard InChI is InChI=1S/C20H21N5O2/c1-3-15-9-7-8-12-17(15)22-18(26)13-21-20(27)19-14(2)23-25(24-19)16-10-5-4-6-11-16/h4-12H,3,13H2,1-2H3,(H,21,27)(H,22,26). The van der Waals surface area contributed by atoms with Gasteiger partial charge in [-0.3, -0.25) is 9.59 Å².